The quantitative estimate of drug-likeness (QED) is 0.861. The number of piperidine rings is 1. The molecule has 1 aliphatic rings. The van der Waals surface area contributed by atoms with Crippen molar-refractivity contribution in [2.45, 2.75) is 53.0 Å². The van der Waals surface area contributed by atoms with Gasteiger partial charge in [0.15, 0.2) is 0 Å². The largest absolute Gasteiger partial charge is 0.372 e. The Bertz CT molecular complexity index is 575. The molecule has 1 aromatic carbocycles. The highest BCUT2D eigenvalue weighted by Crippen LogP contribution is 2.25. The van der Waals surface area contributed by atoms with E-state index in [9.17, 15) is 9.59 Å². The van der Waals surface area contributed by atoms with Gasteiger partial charge in [-0.2, -0.15) is 0 Å². The molecule has 1 saturated heterocycles. The SMILES string of the molecule is CC(=O)N(CCC(=O)NC(C)C)c1ccc(N2CCC(C)CC2)cc1. The Morgan fingerprint density at radius 3 is 2.32 bits per heavy atom. The molecule has 5 nitrogen and oxygen atoms in total. The number of amides is 2. The first kappa shape index (κ1) is 19.3. The maximum atomic E-state index is 12.0. The van der Waals surface area contributed by atoms with Crippen LogP contribution in [0.25, 0.3) is 0 Å². The summed E-state index contributed by atoms with van der Waals surface area (Å²) in [5.41, 5.74) is 2.05. The van der Waals surface area contributed by atoms with Crippen molar-refractivity contribution in [3.8, 4) is 0 Å². The number of rotatable bonds is 6. The number of carbonyl (C=O) groups excluding carboxylic acids is 2. The Hall–Kier alpha value is -2.04. The molecule has 1 aliphatic heterocycles. The number of hydrogen-bond donors (Lipinski definition) is 1. The van der Waals surface area contributed by atoms with Gasteiger partial charge < -0.3 is 15.1 Å². The second-order valence-electron chi connectivity index (χ2n) is 7.33. The lowest BCUT2D eigenvalue weighted by molar-refractivity contribution is -0.121. The highest BCUT2D eigenvalue weighted by Gasteiger charge is 2.17. The van der Waals surface area contributed by atoms with Crippen LogP contribution in [0.15, 0.2) is 24.3 Å². The summed E-state index contributed by atoms with van der Waals surface area (Å²) in [6, 6.07) is 8.24. The van der Waals surface area contributed by atoms with Gasteiger partial charge in [-0.3, -0.25) is 9.59 Å². The lowest BCUT2D eigenvalue weighted by atomic mass is 9.99. The third kappa shape index (κ3) is 5.76. The van der Waals surface area contributed by atoms with E-state index < -0.39 is 0 Å². The maximum Gasteiger partial charge on any atom is 0.223 e. The fraction of sp³-hybridized carbons (Fsp3) is 0.600. The predicted octanol–water partition coefficient (Wildman–Crippen LogP) is 3.19. The molecule has 0 radical (unpaired) electrons. The summed E-state index contributed by atoms with van der Waals surface area (Å²) in [4.78, 5) is 27.9. The Labute approximate surface area is 151 Å². The van der Waals surface area contributed by atoms with Crippen molar-refractivity contribution in [2.75, 3.05) is 29.4 Å². The van der Waals surface area contributed by atoms with E-state index in [-0.39, 0.29) is 17.9 Å². The van der Waals surface area contributed by atoms with Crippen molar-refractivity contribution in [2.24, 2.45) is 5.92 Å². The average molecular weight is 345 g/mol. The molecular formula is C20H31N3O2. The molecule has 25 heavy (non-hydrogen) atoms. The summed E-state index contributed by atoms with van der Waals surface area (Å²) in [6.07, 6.45) is 2.77. The van der Waals surface area contributed by atoms with Gasteiger partial charge >= 0.3 is 0 Å². The number of carbonyl (C=O) groups is 2. The summed E-state index contributed by atoms with van der Waals surface area (Å²) in [5.74, 6) is 0.734. The summed E-state index contributed by atoms with van der Waals surface area (Å²) >= 11 is 0. The molecule has 0 spiro atoms. The molecule has 0 bridgehead atoms. The first-order valence-electron chi connectivity index (χ1n) is 9.29. The zero-order valence-electron chi connectivity index (χ0n) is 15.9. The summed E-state index contributed by atoms with van der Waals surface area (Å²) in [6.45, 7) is 10.3. The first-order valence-corrected chi connectivity index (χ1v) is 9.29. The molecule has 1 fully saturated rings. The van der Waals surface area contributed by atoms with Crippen LogP contribution in [0, 0.1) is 5.92 Å². The normalized spacial score (nSPS) is 15.3. The number of nitrogens with zero attached hydrogens (tertiary/aromatic N) is 2. The van der Waals surface area contributed by atoms with Crippen LogP contribution in [-0.4, -0.2) is 37.5 Å². The minimum Gasteiger partial charge on any atom is -0.372 e. The molecule has 5 heteroatoms. The van der Waals surface area contributed by atoms with Crippen molar-refractivity contribution in [1.82, 2.24) is 5.32 Å². The molecule has 0 aromatic heterocycles. The standard InChI is InChI=1S/C20H31N3O2/c1-15(2)21-20(25)11-14-23(17(4)24)19-7-5-18(6-8-19)22-12-9-16(3)10-13-22/h5-8,15-16H,9-14H2,1-4H3,(H,21,25). The van der Waals surface area contributed by atoms with E-state index in [4.69, 9.17) is 0 Å². The monoisotopic (exact) mass is 345 g/mol. The highest BCUT2D eigenvalue weighted by atomic mass is 16.2. The molecule has 0 aliphatic carbocycles. The van der Waals surface area contributed by atoms with Gasteiger partial charge in [0.2, 0.25) is 11.8 Å². The fourth-order valence-corrected chi connectivity index (χ4v) is 3.19. The highest BCUT2D eigenvalue weighted by molar-refractivity contribution is 5.92. The van der Waals surface area contributed by atoms with Crippen molar-refractivity contribution >= 4 is 23.2 Å². The van der Waals surface area contributed by atoms with Crippen LogP contribution in [0.3, 0.4) is 0 Å². The van der Waals surface area contributed by atoms with Gasteiger partial charge in [0.05, 0.1) is 0 Å². The van der Waals surface area contributed by atoms with Crippen LogP contribution in [0.2, 0.25) is 0 Å². The van der Waals surface area contributed by atoms with E-state index in [0.717, 1.165) is 24.7 Å². The zero-order chi connectivity index (χ0) is 18.4. The third-order valence-corrected chi connectivity index (χ3v) is 4.70. The molecule has 0 unspecified atom stereocenters. The second kappa shape index (κ2) is 8.88. The Morgan fingerprint density at radius 1 is 1.20 bits per heavy atom. The van der Waals surface area contributed by atoms with Crippen molar-refractivity contribution < 1.29 is 9.59 Å². The smallest absolute Gasteiger partial charge is 0.223 e. The molecule has 2 rings (SSSR count). The van der Waals surface area contributed by atoms with Gasteiger partial charge in [-0.05, 0) is 56.9 Å². The van der Waals surface area contributed by atoms with Gasteiger partial charge in [0.1, 0.15) is 0 Å². The molecule has 0 atom stereocenters. The zero-order valence-corrected chi connectivity index (χ0v) is 15.9. The fourth-order valence-electron chi connectivity index (χ4n) is 3.19. The van der Waals surface area contributed by atoms with E-state index in [1.165, 1.54) is 18.5 Å². The maximum absolute atomic E-state index is 12.0. The first-order chi connectivity index (χ1) is 11.9. The third-order valence-electron chi connectivity index (χ3n) is 4.70. The minimum atomic E-state index is -0.0445. The minimum absolute atomic E-state index is 0.0275. The second-order valence-corrected chi connectivity index (χ2v) is 7.33. The average Bonchev–Trinajstić information content (AvgIpc) is 2.55. The summed E-state index contributed by atoms with van der Waals surface area (Å²) in [5, 5.41) is 2.86. The molecule has 0 saturated carbocycles. The van der Waals surface area contributed by atoms with Gasteiger partial charge in [-0.15, -0.1) is 0 Å². The Kier molecular flexibility index (Phi) is 6.85. The van der Waals surface area contributed by atoms with E-state index in [1.54, 1.807) is 11.8 Å². The van der Waals surface area contributed by atoms with E-state index >= 15 is 0 Å². The van der Waals surface area contributed by atoms with Gasteiger partial charge in [-0.25, -0.2) is 0 Å². The number of anilines is 2. The van der Waals surface area contributed by atoms with Crippen LogP contribution in [-0.2, 0) is 9.59 Å². The van der Waals surface area contributed by atoms with Crippen LogP contribution in [0.1, 0.15) is 47.0 Å². The Balaban J connectivity index is 1.99. The topological polar surface area (TPSA) is 52.7 Å². The summed E-state index contributed by atoms with van der Waals surface area (Å²) < 4.78 is 0. The van der Waals surface area contributed by atoms with Crippen LogP contribution in [0.4, 0.5) is 11.4 Å². The van der Waals surface area contributed by atoms with E-state index in [1.807, 2.05) is 26.0 Å². The van der Waals surface area contributed by atoms with Gasteiger partial charge in [-0.1, -0.05) is 6.92 Å². The van der Waals surface area contributed by atoms with Crippen LogP contribution < -0.4 is 15.1 Å². The predicted molar refractivity (Wildman–Crippen MR) is 103 cm³/mol. The van der Waals surface area contributed by atoms with Crippen molar-refractivity contribution in [3.63, 3.8) is 0 Å². The molecule has 1 aromatic rings. The molecule has 2 amide bonds. The molecular weight excluding hydrogens is 314 g/mol. The molecule has 138 valence electrons. The lowest BCUT2D eigenvalue weighted by Gasteiger charge is -2.32. The molecule has 1 heterocycles. The Morgan fingerprint density at radius 2 is 1.80 bits per heavy atom. The lowest BCUT2D eigenvalue weighted by Crippen LogP contribution is -2.36. The van der Waals surface area contributed by atoms with Crippen LogP contribution >= 0.6 is 0 Å². The number of nitrogens with one attached hydrogen (secondary N) is 1. The van der Waals surface area contributed by atoms with Crippen molar-refractivity contribution in [3.05, 3.63) is 24.3 Å². The van der Waals surface area contributed by atoms with Crippen molar-refractivity contribution in [1.29, 1.82) is 0 Å². The summed E-state index contributed by atoms with van der Waals surface area (Å²) in [7, 11) is 0. The van der Waals surface area contributed by atoms with E-state index in [2.05, 4.69) is 29.3 Å². The van der Waals surface area contributed by atoms with Crippen LogP contribution in [0.5, 0.6) is 0 Å². The molecule has 1 N–H and O–H groups in total. The van der Waals surface area contributed by atoms with Gasteiger partial charge in [0, 0.05) is 50.4 Å². The van der Waals surface area contributed by atoms with E-state index in [0.29, 0.717) is 13.0 Å². The number of benzene rings is 1. The number of hydrogen-bond acceptors (Lipinski definition) is 3. The van der Waals surface area contributed by atoms with Gasteiger partial charge in [0.25, 0.3) is 0 Å².